The van der Waals surface area contributed by atoms with Gasteiger partial charge < -0.3 is 0 Å². The summed E-state index contributed by atoms with van der Waals surface area (Å²) < 4.78 is 0.468. The molecule has 0 rings (SSSR count). The second kappa shape index (κ2) is 6.31. The summed E-state index contributed by atoms with van der Waals surface area (Å²) in [6, 6.07) is 0. The van der Waals surface area contributed by atoms with E-state index < -0.39 is 0 Å². The van der Waals surface area contributed by atoms with E-state index in [1.165, 1.54) is 12.8 Å². The third kappa shape index (κ3) is 6.07. The molecular weight excluding hydrogens is 179 g/mol. The fraction of sp³-hybridized carbons (Fsp3) is 0.857. The SMILES string of the molecule is CCCCCC(=O)[Se]C. The van der Waals surface area contributed by atoms with Crippen LogP contribution >= 0.6 is 0 Å². The molecule has 0 heterocycles. The van der Waals surface area contributed by atoms with E-state index in [1.54, 1.807) is 0 Å². The maximum absolute atomic E-state index is 10.7. The first-order valence-corrected chi connectivity index (χ1v) is 5.95. The Morgan fingerprint density at radius 1 is 1.44 bits per heavy atom. The van der Waals surface area contributed by atoms with Gasteiger partial charge in [-0.1, -0.05) is 0 Å². The first-order chi connectivity index (χ1) is 4.31. The number of hydrogen-bond donors (Lipinski definition) is 0. The summed E-state index contributed by atoms with van der Waals surface area (Å²) in [6.45, 7) is 2.15. The van der Waals surface area contributed by atoms with Gasteiger partial charge in [0.15, 0.2) is 0 Å². The molecular formula is C7H14OSe. The van der Waals surface area contributed by atoms with Crippen LogP contribution in [0.1, 0.15) is 32.6 Å². The molecule has 0 atom stereocenters. The Morgan fingerprint density at radius 3 is 2.56 bits per heavy atom. The van der Waals surface area contributed by atoms with Gasteiger partial charge in [0, 0.05) is 0 Å². The van der Waals surface area contributed by atoms with Gasteiger partial charge in [-0.3, -0.25) is 0 Å². The molecule has 0 bridgehead atoms. The quantitative estimate of drug-likeness (QED) is 0.481. The second-order valence-corrected chi connectivity index (χ2v) is 3.85. The summed E-state index contributed by atoms with van der Waals surface area (Å²) in [5, 5.41) is 0. The minimum atomic E-state index is 0.244. The van der Waals surface area contributed by atoms with Gasteiger partial charge in [0.2, 0.25) is 0 Å². The van der Waals surface area contributed by atoms with E-state index in [-0.39, 0.29) is 15.0 Å². The van der Waals surface area contributed by atoms with Crippen LogP contribution < -0.4 is 0 Å². The average Bonchev–Trinajstić information content (AvgIpc) is 1.89. The molecule has 0 radical (unpaired) electrons. The molecule has 0 saturated heterocycles. The Balaban J connectivity index is 2.97. The van der Waals surface area contributed by atoms with Crippen LogP contribution in [-0.4, -0.2) is 19.6 Å². The molecule has 9 heavy (non-hydrogen) atoms. The Morgan fingerprint density at radius 2 is 2.11 bits per heavy atom. The Labute approximate surface area is 63.4 Å². The first-order valence-electron chi connectivity index (χ1n) is 3.38. The van der Waals surface area contributed by atoms with Crippen LogP contribution in [0.2, 0.25) is 5.82 Å². The molecule has 2 heteroatoms. The van der Waals surface area contributed by atoms with Crippen LogP contribution in [0.15, 0.2) is 0 Å². The van der Waals surface area contributed by atoms with Crippen LogP contribution in [0.25, 0.3) is 0 Å². The Kier molecular flexibility index (Phi) is 6.44. The summed E-state index contributed by atoms with van der Waals surface area (Å²) in [4.78, 5) is 10.7. The molecule has 0 aliphatic heterocycles. The van der Waals surface area contributed by atoms with Crippen molar-refractivity contribution in [2.75, 3.05) is 0 Å². The third-order valence-corrected chi connectivity index (χ3v) is 2.60. The van der Waals surface area contributed by atoms with Gasteiger partial charge in [0.05, 0.1) is 0 Å². The van der Waals surface area contributed by atoms with Gasteiger partial charge in [-0.15, -0.1) is 0 Å². The van der Waals surface area contributed by atoms with Crippen molar-refractivity contribution in [1.29, 1.82) is 0 Å². The van der Waals surface area contributed by atoms with Gasteiger partial charge in [0.1, 0.15) is 0 Å². The second-order valence-electron chi connectivity index (χ2n) is 2.03. The number of hydrogen-bond acceptors (Lipinski definition) is 1. The Hall–Kier alpha value is 0.189. The molecule has 0 aromatic rings. The third-order valence-electron chi connectivity index (χ3n) is 1.21. The van der Waals surface area contributed by atoms with Crippen molar-refractivity contribution in [2.45, 2.75) is 38.4 Å². The van der Waals surface area contributed by atoms with Crippen LogP contribution in [0.5, 0.6) is 0 Å². The number of carbonyl (C=O) groups excluding carboxylic acids is 1. The van der Waals surface area contributed by atoms with E-state index in [0.29, 0.717) is 4.68 Å². The summed E-state index contributed by atoms with van der Waals surface area (Å²) in [7, 11) is 0. The average molecular weight is 193 g/mol. The zero-order valence-corrected chi connectivity index (χ0v) is 7.86. The molecule has 0 fully saturated rings. The fourth-order valence-electron chi connectivity index (χ4n) is 0.621. The standard InChI is InChI=1S/C7H14OSe/c1-3-4-5-6-7(8)9-2/h3-6H2,1-2H3. The topological polar surface area (TPSA) is 17.1 Å². The van der Waals surface area contributed by atoms with Crippen LogP contribution in [-0.2, 0) is 4.79 Å². The molecule has 0 aliphatic rings. The summed E-state index contributed by atoms with van der Waals surface area (Å²) >= 11 is 0.244. The number of carbonyl (C=O) groups is 1. The van der Waals surface area contributed by atoms with Gasteiger partial charge in [0.25, 0.3) is 0 Å². The monoisotopic (exact) mass is 194 g/mol. The summed E-state index contributed by atoms with van der Waals surface area (Å²) in [6.07, 6.45) is 4.35. The molecule has 0 unspecified atom stereocenters. The van der Waals surface area contributed by atoms with Crippen LogP contribution in [0.3, 0.4) is 0 Å². The number of unbranched alkanes of at least 4 members (excludes halogenated alkanes) is 2. The zero-order chi connectivity index (χ0) is 7.11. The normalized spacial score (nSPS) is 9.56. The van der Waals surface area contributed by atoms with Gasteiger partial charge in [-0.2, -0.15) is 0 Å². The van der Waals surface area contributed by atoms with E-state index in [4.69, 9.17) is 0 Å². The van der Waals surface area contributed by atoms with Gasteiger partial charge >= 0.3 is 62.9 Å². The van der Waals surface area contributed by atoms with Gasteiger partial charge in [-0.25, -0.2) is 0 Å². The fourth-order valence-corrected chi connectivity index (χ4v) is 1.35. The summed E-state index contributed by atoms with van der Waals surface area (Å²) in [5.74, 6) is 1.99. The first kappa shape index (κ1) is 9.19. The van der Waals surface area contributed by atoms with Crippen molar-refractivity contribution in [3.05, 3.63) is 0 Å². The number of rotatable bonds is 5. The molecule has 54 valence electrons. The van der Waals surface area contributed by atoms with E-state index in [1.807, 2.05) is 5.82 Å². The summed E-state index contributed by atoms with van der Waals surface area (Å²) in [5.41, 5.74) is 0. The van der Waals surface area contributed by atoms with E-state index in [0.717, 1.165) is 12.8 Å². The van der Waals surface area contributed by atoms with Crippen molar-refractivity contribution in [3.63, 3.8) is 0 Å². The predicted octanol–water partition coefficient (Wildman–Crippen LogP) is 1.85. The van der Waals surface area contributed by atoms with Crippen molar-refractivity contribution >= 4 is 19.6 Å². The molecule has 0 aromatic heterocycles. The predicted molar refractivity (Wildman–Crippen MR) is 40.8 cm³/mol. The molecule has 1 nitrogen and oxygen atoms in total. The van der Waals surface area contributed by atoms with Crippen LogP contribution in [0.4, 0.5) is 0 Å². The molecule has 0 saturated carbocycles. The van der Waals surface area contributed by atoms with E-state index in [2.05, 4.69) is 6.92 Å². The van der Waals surface area contributed by atoms with Crippen molar-refractivity contribution in [3.8, 4) is 0 Å². The molecule has 0 spiro atoms. The zero-order valence-electron chi connectivity index (χ0n) is 6.14. The van der Waals surface area contributed by atoms with Crippen molar-refractivity contribution in [2.24, 2.45) is 0 Å². The molecule has 0 aliphatic carbocycles. The van der Waals surface area contributed by atoms with E-state index >= 15 is 0 Å². The minimum absolute atomic E-state index is 0.244. The Bertz CT molecular complexity index is 81.0. The maximum atomic E-state index is 10.7. The van der Waals surface area contributed by atoms with Crippen LogP contribution in [0, 0.1) is 0 Å². The van der Waals surface area contributed by atoms with Crippen molar-refractivity contribution < 1.29 is 4.79 Å². The van der Waals surface area contributed by atoms with Crippen molar-refractivity contribution in [1.82, 2.24) is 0 Å². The van der Waals surface area contributed by atoms with E-state index in [9.17, 15) is 4.79 Å². The molecule has 0 aromatic carbocycles. The van der Waals surface area contributed by atoms with Gasteiger partial charge in [-0.05, 0) is 0 Å². The molecule has 0 N–H and O–H groups in total. The molecule has 0 amide bonds.